The van der Waals surface area contributed by atoms with Gasteiger partial charge in [-0.15, -0.1) is 0 Å². The van der Waals surface area contributed by atoms with Crippen molar-refractivity contribution in [2.45, 2.75) is 19.3 Å². The van der Waals surface area contributed by atoms with Crippen molar-refractivity contribution in [3.8, 4) is 11.5 Å². The third kappa shape index (κ3) is 6.85. The summed E-state index contributed by atoms with van der Waals surface area (Å²) in [5.41, 5.74) is 9.31. The summed E-state index contributed by atoms with van der Waals surface area (Å²) < 4.78 is 42.4. The number of hydrogen-bond acceptors (Lipinski definition) is 8. The molecule has 4 N–H and O–H groups in total. The highest BCUT2D eigenvalue weighted by atomic mass is 19.4. The van der Waals surface area contributed by atoms with Gasteiger partial charge in [0.05, 0.1) is 19.7 Å². The lowest BCUT2D eigenvalue weighted by atomic mass is 10.1. The van der Waals surface area contributed by atoms with E-state index in [1.807, 2.05) is 25.1 Å². The minimum atomic E-state index is -5.08. The van der Waals surface area contributed by atoms with Crippen molar-refractivity contribution in [1.29, 1.82) is 0 Å². The Kier molecular flexibility index (Phi) is 8.84. The Morgan fingerprint density at radius 1 is 1.09 bits per heavy atom. The van der Waals surface area contributed by atoms with Crippen LogP contribution >= 0.6 is 0 Å². The van der Waals surface area contributed by atoms with Crippen LogP contribution in [0.4, 0.5) is 24.9 Å². The number of methoxy groups -OCH3 is 2. The molecule has 0 spiro atoms. The molecule has 1 aromatic heterocycles. The molecule has 0 aliphatic rings. The summed E-state index contributed by atoms with van der Waals surface area (Å²) >= 11 is 0. The zero-order chi connectivity index (χ0) is 25.5. The van der Waals surface area contributed by atoms with Crippen LogP contribution in [-0.4, -0.2) is 55.5 Å². The number of carboxylic acids is 1. The summed E-state index contributed by atoms with van der Waals surface area (Å²) in [4.78, 5) is 20.0. The van der Waals surface area contributed by atoms with Crippen LogP contribution in [0, 0.1) is 0 Å². The van der Waals surface area contributed by atoms with Crippen LogP contribution in [0.15, 0.2) is 36.4 Å². The normalized spacial score (nSPS) is 10.9. The third-order valence-electron chi connectivity index (χ3n) is 4.63. The Balaban J connectivity index is 0.000000509. The molecule has 2 aromatic carbocycles. The molecule has 0 aliphatic carbocycles. The van der Waals surface area contributed by atoms with Crippen molar-refractivity contribution < 1.29 is 32.5 Å². The lowest BCUT2D eigenvalue weighted by molar-refractivity contribution is -0.192. The maximum absolute atomic E-state index is 10.6. The fourth-order valence-corrected chi connectivity index (χ4v) is 2.95. The monoisotopic (exact) mass is 481 g/mol. The van der Waals surface area contributed by atoms with Gasteiger partial charge in [-0.2, -0.15) is 18.2 Å². The van der Waals surface area contributed by atoms with Gasteiger partial charge in [-0.05, 0) is 24.2 Å². The second kappa shape index (κ2) is 11.4. The maximum atomic E-state index is 10.6. The number of benzene rings is 2. The Bertz CT molecular complexity index is 1120. The smallest absolute Gasteiger partial charge is 0.490 e. The fourth-order valence-electron chi connectivity index (χ4n) is 2.95. The van der Waals surface area contributed by atoms with Crippen molar-refractivity contribution in [2.75, 3.05) is 38.9 Å². The molecule has 9 nitrogen and oxygen atoms in total. The third-order valence-corrected chi connectivity index (χ3v) is 4.63. The van der Waals surface area contributed by atoms with E-state index in [9.17, 15) is 13.2 Å². The van der Waals surface area contributed by atoms with Gasteiger partial charge in [0.2, 0.25) is 5.95 Å². The first-order chi connectivity index (χ1) is 16.0. The zero-order valence-corrected chi connectivity index (χ0v) is 19.1. The average molecular weight is 481 g/mol. The zero-order valence-electron chi connectivity index (χ0n) is 19.1. The summed E-state index contributed by atoms with van der Waals surface area (Å²) in [6, 6.07) is 12.1. The molecule has 0 saturated heterocycles. The summed E-state index contributed by atoms with van der Waals surface area (Å²) in [6.45, 7) is 1.53. The standard InChI is InChI=1S/C20H25N5O2.C2HF3O2/c1-22-11-13-5-7-14(8-6-13)12-25(2)20-23-16-10-18(27-4)17(26-3)9-15(16)19(21)24-20;3-2(4,5)1(6)7/h5-10,22H,11-12H2,1-4H3,(H2,21,23,24);(H,6,7). The van der Waals surface area contributed by atoms with Crippen molar-refractivity contribution in [3.05, 3.63) is 47.5 Å². The van der Waals surface area contributed by atoms with E-state index in [0.717, 1.165) is 11.9 Å². The molecule has 0 aliphatic heterocycles. The van der Waals surface area contributed by atoms with Gasteiger partial charge < -0.3 is 30.5 Å². The van der Waals surface area contributed by atoms with Gasteiger partial charge in [0.25, 0.3) is 0 Å². The number of aromatic nitrogens is 2. The number of hydrogen-bond donors (Lipinski definition) is 3. The van der Waals surface area contributed by atoms with Crippen LogP contribution in [0.1, 0.15) is 11.1 Å². The molecule has 0 bridgehead atoms. The van der Waals surface area contributed by atoms with Crippen molar-refractivity contribution in [3.63, 3.8) is 0 Å². The topological polar surface area (TPSA) is 123 Å². The van der Waals surface area contributed by atoms with E-state index in [2.05, 4.69) is 39.6 Å². The van der Waals surface area contributed by atoms with Gasteiger partial charge in [0.15, 0.2) is 11.5 Å². The van der Waals surface area contributed by atoms with Gasteiger partial charge in [0, 0.05) is 31.6 Å². The number of fused-ring (bicyclic) bond motifs is 1. The van der Waals surface area contributed by atoms with Gasteiger partial charge in [-0.25, -0.2) is 9.78 Å². The van der Waals surface area contributed by atoms with E-state index < -0.39 is 12.1 Å². The molecule has 3 aromatic rings. The summed E-state index contributed by atoms with van der Waals surface area (Å²) in [5.74, 6) is -0.578. The van der Waals surface area contributed by atoms with Crippen LogP contribution < -0.4 is 25.4 Å². The van der Waals surface area contributed by atoms with E-state index in [4.69, 9.17) is 25.1 Å². The minimum absolute atomic E-state index is 0.409. The number of nitrogens with zero attached hydrogens (tertiary/aromatic N) is 3. The number of carbonyl (C=O) groups is 1. The number of ether oxygens (including phenoxy) is 2. The van der Waals surface area contributed by atoms with Gasteiger partial charge in [0.1, 0.15) is 5.82 Å². The first kappa shape index (κ1) is 26.5. The largest absolute Gasteiger partial charge is 0.493 e. The molecule has 0 saturated carbocycles. The van der Waals surface area contributed by atoms with E-state index in [-0.39, 0.29) is 0 Å². The minimum Gasteiger partial charge on any atom is -0.493 e. The second-order valence-corrected chi connectivity index (χ2v) is 7.14. The quantitative estimate of drug-likeness (QED) is 0.467. The van der Waals surface area contributed by atoms with E-state index in [1.165, 1.54) is 11.1 Å². The van der Waals surface area contributed by atoms with Crippen LogP contribution in [0.5, 0.6) is 11.5 Å². The van der Waals surface area contributed by atoms with E-state index in [0.29, 0.717) is 35.3 Å². The Morgan fingerprint density at radius 2 is 1.62 bits per heavy atom. The molecule has 0 unspecified atom stereocenters. The molecule has 12 heteroatoms. The molecule has 0 atom stereocenters. The molecule has 0 amide bonds. The highest BCUT2D eigenvalue weighted by molar-refractivity contribution is 5.91. The first-order valence-electron chi connectivity index (χ1n) is 9.93. The first-order valence-corrected chi connectivity index (χ1v) is 9.93. The number of rotatable bonds is 7. The summed E-state index contributed by atoms with van der Waals surface area (Å²) in [6.07, 6.45) is -5.08. The number of anilines is 2. The summed E-state index contributed by atoms with van der Waals surface area (Å²) in [5, 5.41) is 11.0. The Morgan fingerprint density at radius 3 is 2.12 bits per heavy atom. The van der Waals surface area contributed by atoms with Gasteiger partial charge >= 0.3 is 12.1 Å². The lowest BCUT2D eigenvalue weighted by Gasteiger charge is -2.19. The van der Waals surface area contributed by atoms with E-state index in [1.54, 1.807) is 20.3 Å². The van der Waals surface area contributed by atoms with Gasteiger partial charge in [-0.3, -0.25) is 0 Å². The predicted molar refractivity (Wildman–Crippen MR) is 122 cm³/mol. The fraction of sp³-hybridized carbons (Fsp3) is 0.318. The second-order valence-electron chi connectivity index (χ2n) is 7.14. The number of alkyl halides is 3. The van der Waals surface area contributed by atoms with Crippen LogP contribution in [0.3, 0.4) is 0 Å². The van der Waals surface area contributed by atoms with Crippen molar-refractivity contribution >= 4 is 28.6 Å². The Hall–Kier alpha value is -3.80. The molecular formula is C22H26F3N5O4. The number of halogens is 3. The van der Waals surface area contributed by atoms with Crippen LogP contribution in [-0.2, 0) is 17.9 Å². The predicted octanol–water partition coefficient (Wildman–Crippen LogP) is 3.22. The molecule has 0 radical (unpaired) electrons. The van der Waals surface area contributed by atoms with Crippen LogP contribution in [0.2, 0.25) is 0 Å². The van der Waals surface area contributed by atoms with Gasteiger partial charge in [-0.1, -0.05) is 24.3 Å². The molecule has 0 fully saturated rings. The number of carboxylic acid groups (broad SMARTS) is 1. The molecule has 3 rings (SSSR count). The molecule has 34 heavy (non-hydrogen) atoms. The number of nitrogens with one attached hydrogen (secondary N) is 1. The highest BCUT2D eigenvalue weighted by Crippen LogP contribution is 2.34. The molecule has 184 valence electrons. The average Bonchev–Trinajstić information content (AvgIpc) is 2.79. The number of nitrogens with two attached hydrogens (primary N) is 1. The Labute approximate surface area is 194 Å². The van der Waals surface area contributed by atoms with Crippen molar-refractivity contribution in [1.82, 2.24) is 15.3 Å². The highest BCUT2D eigenvalue weighted by Gasteiger charge is 2.38. The number of aliphatic carboxylic acids is 1. The van der Waals surface area contributed by atoms with Crippen molar-refractivity contribution in [2.24, 2.45) is 0 Å². The molecular weight excluding hydrogens is 455 g/mol. The van der Waals surface area contributed by atoms with Crippen LogP contribution in [0.25, 0.3) is 10.9 Å². The van der Waals surface area contributed by atoms with E-state index >= 15 is 0 Å². The SMILES string of the molecule is CNCc1ccc(CN(C)c2nc(N)c3cc(OC)c(OC)cc3n2)cc1.O=C(O)C(F)(F)F. The number of nitrogen functional groups attached to an aromatic ring is 1. The summed E-state index contributed by atoms with van der Waals surface area (Å²) in [7, 11) is 7.07. The lowest BCUT2D eigenvalue weighted by Crippen LogP contribution is -2.21. The molecule has 1 heterocycles. The maximum Gasteiger partial charge on any atom is 0.490 e.